The Morgan fingerprint density at radius 1 is 1.33 bits per heavy atom. The summed E-state index contributed by atoms with van der Waals surface area (Å²) in [7, 11) is 1.79. The number of nitrogens with two attached hydrogens (primary N) is 1. The van der Waals surface area contributed by atoms with Crippen LogP contribution in [-0.4, -0.2) is 39.4 Å². The third kappa shape index (κ3) is 3.98. The van der Waals surface area contributed by atoms with Crippen molar-refractivity contribution in [3.05, 3.63) is 46.2 Å². The first-order valence-electron chi connectivity index (χ1n) is 7.96. The number of hydrogen-bond acceptors (Lipinski definition) is 5. The average Bonchev–Trinajstić information content (AvgIpc) is 3.18. The average molecular weight is 343 g/mol. The fourth-order valence-electron chi connectivity index (χ4n) is 2.48. The van der Waals surface area contributed by atoms with E-state index in [1.54, 1.807) is 23.3 Å². The highest BCUT2D eigenvalue weighted by molar-refractivity contribution is 7.09. The van der Waals surface area contributed by atoms with Gasteiger partial charge in [-0.3, -0.25) is 4.79 Å². The number of fused-ring (bicyclic) bond motifs is 1. The molecule has 0 unspecified atom stereocenters. The minimum absolute atomic E-state index is 0.0335. The molecule has 0 fully saturated rings. The van der Waals surface area contributed by atoms with Gasteiger partial charge in [-0.05, 0) is 25.1 Å². The van der Waals surface area contributed by atoms with Crippen molar-refractivity contribution in [2.24, 2.45) is 5.73 Å². The van der Waals surface area contributed by atoms with Crippen LogP contribution in [0, 0.1) is 0 Å². The van der Waals surface area contributed by atoms with Gasteiger partial charge in [0.25, 0.3) is 0 Å². The number of hydrogen-bond donors (Lipinski definition) is 2. The van der Waals surface area contributed by atoms with Crippen LogP contribution in [0.5, 0.6) is 0 Å². The molecular weight excluding hydrogens is 322 g/mol. The Balaban J connectivity index is 1.59. The first-order valence-corrected chi connectivity index (χ1v) is 8.84. The number of aryl methyl sites for hydroxylation is 1. The smallest absolute Gasteiger partial charge is 0.228 e. The first-order chi connectivity index (χ1) is 11.7. The summed E-state index contributed by atoms with van der Waals surface area (Å²) in [4.78, 5) is 26.3. The molecule has 1 amide bonds. The van der Waals surface area contributed by atoms with E-state index in [2.05, 4.69) is 15.0 Å². The van der Waals surface area contributed by atoms with Crippen LogP contribution in [0.1, 0.15) is 22.9 Å². The number of carbonyl (C=O) groups excluding carboxylic acids is 1. The zero-order valence-corrected chi connectivity index (χ0v) is 14.5. The molecule has 0 saturated carbocycles. The highest BCUT2D eigenvalue weighted by Gasteiger charge is 2.14. The molecule has 6 nitrogen and oxygen atoms in total. The number of benzene rings is 1. The molecule has 3 rings (SSSR count). The standard InChI is InChI=1S/C17H21N5OS/c1-22(10-15-20-13-5-2-3-6-14(13)21-15)17(23)9-12-11-24-16(19-12)7-4-8-18/h2-3,5-6,11H,4,7-10,18H2,1H3,(H,20,21). The Morgan fingerprint density at radius 2 is 2.17 bits per heavy atom. The lowest BCUT2D eigenvalue weighted by atomic mass is 10.3. The van der Waals surface area contributed by atoms with Gasteiger partial charge in [0.05, 0.1) is 34.7 Å². The normalized spacial score (nSPS) is 11.1. The summed E-state index contributed by atoms with van der Waals surface area (Å²) in [5.41, 5.74) is 8.24. The van der Waals surface area contributed by atoms with Gasteiger partial charge in [0.2, 0.25) is 5.91 Å². The number of imidazole rings is 1. The van der Waals surface area contributed by atoms with Crippen molar-refractivity contribution in [3.63, 3.8) is 0 Å². The molecule has 0 aliphatic carbocycles. The molecule has 126 valence electrons. The lowest BCUT2D eigenvalue weighted by Crippen LogP contribution is -2.28. The number of likely N-dealkylation sites (N-methyl/N-ethyl adjacent to an activating group) is 1. The molecule has 2 heterocycles. The van der Waals surface area contributed by atoms with E-state index in [1.165, 1.54) is 0 Å². The van der Waals surface area contributed by atoms with Gasteiger partial charge in [0, 0.05) is 18.8 Å². The Labute approximate surface area is 144 Å². The van der Waals surface area contributed by atoms with E-state index in [0.29, 0.717) is 19.5 Å². The number of nitrogens with zero attached hydrogens (tertiary/aromatic N) is 3. The van der Waals surface area contributed by atoms with Crippen LogP contribution in [-0.2, 0) is 24.2 Å². The van der Waals surface area contributed by atoms with E-state index in [9.17, 15) is 4.79 Å². The highest BCUT2D eigenvalue weighted by atomic mass is 32.1. The van der Waals surface area contributed by atoms with E-state index < -0.39 is 0 Å². The van der Waals surface area contributed by atoms with Crippen LogP contribution in [0.25, 0.3) is 11.0 Å². The number of nitrogens with one attached hydrogen (secondary N) is 1. The quantitative estimate of drug-likeness (QED) is 0.688. The minimum atomic E-state index is 0.0335. The third-order valence-electron chi connectivity index (χ3n) is 3.78. The van der Waals surface area contributed by atoms with Gasteiger partial charge >= 0.3 is 0 Å². The van der Waals surface area contributed by atoms with Crippen LogP contribution in [0.2, 0.25) is 0 Å². The van der Waals surface area contributed by atoms with Gasteiger partial charge in [0.1, 0.15) is 5.82 Å². The zero-order chi connectivity index (χ0) is 16.9. The molecule has 2 aromatic heterocycles. The van der Waals surface area contributed by atoms with Crippen LogP contribution in [0.3, 0.4) is 0 Å². The first kappa shape index (κ1) is 16.6. The Kier molecular flexibility index (Phi) is 5.22. The molecule has 3 aromatic rings. The second kappa shape index (κ2) is 7.55. The predicted molar refractivity (Wildman–Crippen MR) is 95.8 cm³/mol. The van der Waals surface area contributed by atoms with Crippen molar-refractivity contribution >= 4 is 28.3 Å². The molecule has 0 saturated heterocycles. The van der Waals surface area contributed by atoms with E-state index in [-0.39, 0.29) is 5.91 Å². The van der Waals surface area contributed by atoms with Gasteiger partial charge in [-0.25, -0.2) is 9.97 Å². The summed E-state index contributed by atoms with van der Waals surface area (Å²) < 4.78 is 0. The fourth-order valence-corrected chi connectivity index (χ4v) is 3.32. The summed E-state index contributed by atoms with van der Waals surface area (Å²) in [5.74, 6) is 0.820. The Morgan fingerprint density at radius 3 is 2.96 bits per heavy atom. The Bertz CT molecular complexity index is 792. The van der Waals surface area contributed by atoms with Gasteiger partial charge in [0.15, 0.2) is 0 Å². The number of aromatic nitrogens is 3. The number of thiazole rings is 1. The summed E-state index contributed by atoms with van der Waals surface area (Å²) in [6, 6.07) is 7.84. The molecule has 0 spiro atoms. The molecular formula is C17H21N5OS. The maximum atomic E-state index is 12.4. The summed E-state index contributed by atoms with van der Waals surface area (Å²) in [6.07, 6.45) is 2.12. The topological polar surface area (TPSA) is 87.9 Å². The number of amides is 1. The molecule has 0 bridgehead atoms. The number of H-pyrrole nitrogens is 1. The van der Waals surface area contributed by atoms with E-state index >= 15 is 0 Å². The highest BCUT2D eigenvalue weighted by Crippen LogP contribution is 2.14. The molecule has 0 aliphatic rings. The summed E-state index contributed by atoms with van der Waals surface area (Å²) in [5, 5.41) is 3.00. The zero-order valence-electron chi connectivity index (χ0n) is 13.7. The lowest BCUT2D eigenvalue weighted by Gasteiger charge is -2.14. The fraction of sp³-hybridized carbons (Fsp3) is 0.353. The number of aromatic amines is 1. The monoisotopic (exact) mass is 343 g/mol. The molecule has 7 heteroatoms. The predicted octanol–water partition coefficient (Wildman–Crippen LogP) is 2.11. The van der Waals surface area contributed by atoms with Crippen molar-refractivity contribution in [3.8, 4) is 0 Å². The number of rotatable bonds is 7. The molecule has 3 N–H and O–H groups in total. The van der Waals surface area contributed by atoms with Crippen molar-refractivity contribution in [1.29, 1.82) is 0 Å². The van der Waals surface area contributed by atoms with E-state index in [1.807, 2.05) is 29.6 Å². The Hall–Kier alpha value is -2.25. The molecule has 0 radical (unpaired) electrons. The van der Waals surface area contributed by atoms with Gasteiger partial charge in [-0.1, -0.05) is 12.1 Å². The van der Waals surface area contributed by atoms with Crippen LogP contribution in [0.15, 0.2) is 29.6 Å². The third-order valence-corrected chi connectivity index (χ3v) is 4.73. The van der Waals surface area contributed by atoms with Crippen molar-refractivity contribution < 1.29 is 4.79 Å². The summed E-state index contributed by atoms with van der Waals surface area (Å²) >= 11 is 1.59. The molecule has 0 aliphatic heterocycles. The number of para-hydroxylation sites is 2. The SMILES string of the molecule is CN(Cc1nc2ccccc2[nH]1)C(=O)Cc1csc(CCCN)n1. The second-order valence-corrected chi connectivity index (χ2v) is 6.69. The number of carbonyl (C=O) groups is 1. The maximum Gasteiger partial charge on any atom is 0.228 e. The van der Waals surface area contributed by atoms with Crippen LogP contribution < -0.4 is 5.73 Å². The lowest BCUT2D eigenvalue weighted by molar-refractivity contribution is -0.129. The van der Waals surface area contributed by atoms with E-state index in [4.69, 9.17) is 5.73 Å². The minimum Gasteiger partial charge on any atom is -0.340 e. The maximum absolute atomic E-state index is 12.4. The van der Waals surface area contributed by atoms with Gasteiger partial charge in [-0.2, -0.15) is 0 Å². The van der Waals surface area contributed by atoms with Crippen molar-refractivity contribution in [2.75, 3.05) is 13.6 Å². The summed E-state index contributed by atoms with van der Waals surface area (Å²) in [6.45, 7) is 1.12. The molecule has 0 atom stereocenters. The molecule has 24 heavy (non-hydrogen) atoms. The van der Waals surface area contributed by atoms with Crippen molar-refractivity contribution in [1.82, 2.24) is 19.9 Å². The second-order valence-electron chi connectivity index (χ2n) is 5.75. The largest absolute Gasteiger partial charge is 0.340 e. The van der Waals surface area contributed by atoms with Crippen LogP contribution in [0.4, 0.5) is 0 Å². The molecule has 1 aromatic carbocycles. The van der Waals surface area contributed by atoms with Crippen LogP contribution >= 0.6 is 11.3 Å². The van der Waals surface area contributed by atoms with Gasteiger partial charge in [-0.15, -0.1) is 11.3 Å². The van der Waals surface area contributed by atoms with E-state index in [0.717, 1.165) is 40.4 Å². The van der Waals surface area contributed by atoms with Crippen molar-refractivity contribution in [2.45, 2.75) is 25.8 Å². The van der Waals surface area contributed by atoms with Gasteiger partial charge < -0.3 is 15.6 Å².